The molecular formula is C32H28BrN2O5S+. The van der Waals surface area contributed by atoms with Crippen molar-refractivity contribution in [2.24, 2.45) is 0 Å². The summed E-state index contributed by atoms with van der Waals surface area (Å²) >= 11 is 8.21. The molecule has 1 aliphatic heterocycles. The number of Topliss-reactive ketones (excluding diaryl/α,β-unsaturated/α-hetero) is 1. The number of carbonyl (C=O) groups excluding carboxylic acids is 1. The van der Waals surface area contributed by atoms with E-state index in [0.717, 1.165) is 32.4 Å². The number of aliphatic hydroxyl groups excluding tert-OH is 1. The number of benzene rings is 3. The highest BCUT2D eigenvalue weighted by atomic mass is 79.9. The predicted molar refractivity (Wildman–Crippen MR) is 164 cm³/mol. The van der Waals surface area contributed by atoms with Gasteiger partial charge in [-0.15, -0.1) is 12.6 Å². The number of halogens is 1. The van der Waals surface area contributed by atoms with Gasteiger partial charge in [-0.25, -0.2) is 0 Å². The Hall–Kier alpha value is -3.63. The maximum Gasteiger partial charge on any atom is 0.375 e. The van der Waals surface area contributed by atoms with Crippen LogP contribution in [0.25, 0.3) is 17.2 Å². The van der Waals surface area contributed by atoms with E-state index in [-0.39, 0.29) is 19.0 Å². The normalized spacial score (nSPS) is 16.6. The second-order valence-electron chi connectivity index (χ2n) is 9.82. The molecule has 1 aromatic heterocycles. The Kier molecular flexibility index (Phi) is 7.86. The third kappa shape index (κ3) is 5.50. The van der Waals surface area contributed by atoms with Crippen LogP contribution in [0.3, 0.4) is 0 Å². The van der Waals surface area contributed by atoms with E-state index < -0.39 is 0 Å². The maximum atomic E-state index is 13.4. The number of allylic oxidation sites excluding steroid dienone is 3. The number of rotatable bonds is 9. The summed E-state index contributed by atoms with van der Waals surface area (Å²) in [4.78, 5) is 16.0. The van der Waals surface area contributed by atoms with Crippen molar-refractivity contribution in [1.82, 2.24) is 0 Å². The zero-order valence-electron chi connectivity index (χ0n) is 22.3. The first-order valence-electron chi connectivity index (χ1n) is 13.2. The maximum absolute atomic E-state index is 13.4. The molecule has 0 atom stereocenters. The average molecular weight is 633 g/mol. The molecule has 6 rings (SSSR count). The number of nitrogens with zero attached hydrogens (tertiary/aromatic N) is 2. The number of hydrogen-bond acceptors (Lipinski definition) is 7. The van der Waals surface area contributed by atoms with Gasteiger partial charge in [-0.2, -0.15) is 4.57 Å². The molecule has 7 nitrogen and oxygen atoms in total. The van der Waals surface area contributed by atoms with Crippen LogP contribution in [0.4, 0.5) is 5.69 Å². The number of thiol groups is 1. The van der Waals surface area contributed by atoms with Gasteiger partial charge in [0.2, 0.25) is 11.5 Å². The number of aryl methyl sites for hydroxylation is 1. The number of hydrogen-bond donors (Lipinski definition) is 2. The van der Waals surface area contributed by atoms with E-state index in [1.807, 2.05) is 60.4 Å². The molecule has 2 heterocycles. The molecule has 41 heavy (non-hydrogen) atoms. The Bertz CT molecular complexity index is 1740. The van der Waals surface area contributed by atoms with Crippen molar-refractivity contribution in [2.45, 2.75) is 13.5 Å². The van der Waals surface area contributed by atoms with Crippen LogP contribution in [0, 0.1) is 6.92 Å². The zero-order valence-corrected chi connectivity index (χ0v) is 24.8. The van der Waals surface area contributed by atoms with Crippen molar-refractivity contribution < 1.29 is 28.4 Å². The van der Waals surface area contributed by atoms with Crippen LogP contribution in [0.2, 0.25) is 0 Å². The molecular weight excluding hydrogens is 604 g/mol. The summed E-state index contributed by atoms with van der Waals surface area (Å²) in [6.07, 6.45) is 3.49. The molecule has 0 unspecified atom stereocenters. The number of carbonyl (C=O) groups is 1. The molecule has 0 spiro atoms. The van der Waals surface area contributed by atoms with Gasteiger partial charge in [0.1, 0.15) is 0 Å². The van der Waals surface area contributed by atoms with E-state index in [1.165, 1.54) is 0 Å². The summed E-state index contributed by atoms with van der Waals surface area (Å²) in [5.41, 5.74) is 5.74. The van der Waals surface area contributed by atoms with Gasteiger partial charge < -0.3 is 23.9 Å². The smallest absolute Gasteiger partial charge is 0.375 e. The number of aliphatic hydroxyl groups is 1. The molecule has 1 aliphatic carbocycles. The molecule has 0 radical (unpaired) electrons. The Balaban J connectivity index is 1.34. The molecule has 208 valence electrons. The lowest BCUT2D eigenvalue weighted by atomic mass is 9.89. The van der Waals surface area contributed by atoms with E-state index in [1.54, 1.807) is 12.2 Å². The molecule has 1 N–H and O–H groups in total. The lowest BCUT2D eigenvalue weighted by molar-refractivity contribution is -0.669. The number of oxazole rings is 1. The van der Waals surface area contributed by atoms with Gasteiger partial charge >= 0.3 is 5.89 Å². The molecule has 3 aromatic carbocycles. The molecule has 0 fully saturated rings. The summed E-state index contributed by atoms with van der Waals surface area (Å²) in [5.74, 6) is 1.63. The highest BCUT2D eigenvalue weighted by Crippen LogP contribution is 2.43. The molecule has 0 saturated heterocycles. The quantitative estimate of drug-likeness (QED) is 0.106. The predicted octanol–water partition coefficient (Wildman–Crippen LogP) is 5.74. The minimum atomic E-state index is -0.136. The summed E-state index contributed by atoms with van der Waals surface area (Å²) in [6, 6.07) is 22.0. The molecule has 0 saturated carbocycles. The number of aromatic nitrogens is 1. The van der Waals surface area contributed by atoms with E-state index in [9.17, 15) is 4.79 Å². The Morgan fingerprint density at radius 1 is 1.07 bits per heavy atom. The van der Waals surface area contributed by atoms with Gasteiger partial charge in [-0.05, 0) is 36.8 Å². The largest absolute Gasteiger partial charge is 0.439 e. The second kappa shape index (κ2) is 11.7. The second-order valence-corrected chi connectivity index (χ2v) is 11.2. The van der Waals surface area contributed by atoms with Crippen molar-refractivity contribution in [2.75, 3.05) is 31.3 Å². The third-order valence-electron chi connectivity index (χ3n) is 6.99. The average Bonchev–Trinajstić information content (AvgIpc) is 3.49. The zero-order chi connectivity index (χ0) is 28.5. The SMILES string of the molecule is Cc1ccc2c(c1)oc(/C=C1/C(=O)C(/C=C3/Oc4cc(Br)ccc4N3CCOCCO)=C1S)[n+]2Cc1ccccc1. The number of ketones is 1. The van der Waals surface area contributed by atoms with Gasteiger partial charge in [0.25, 0.3) is 5.52 Å². The highest BCUT2D eigenvalue weighted by molar-refractivity contribution is 9.10. The van der Waals surface area contributed by atoms with Crippen LogP contribution in [0.1, 0.15) is 17.0 Å². The Morgan fingerprint density at radius 3 is 2.68 bits per heavy atom. The van der Waals surface area contributed by atoms with E-state index in [2.05, 4.69) is 38.7 Å². The van der Waals surface area contributed by atoms with Crippen LogP contribution >= 0.6 is 28.6 Å². The van der Waals surface area contributed by atoms with Crippen LogP contribution in [0.15, 0.2) is 104 Å². The van der Waals surface area contributed by atoms with Crippen molar-refractivity contribution in [3.05, 3.63) is 116 Å². The first-order chi connectivity index (χ1) is 19.9. The van der Waals surface area contributed by atoms with Crippen molar-refractivity contribution in [3.8, 4) is 5.75 Å². The monoisotopic (exact) mass is 631 g/mol. The molecule has 2 aliphatic rings. The summed E-state index contributed by atoms with van der Waals surface area (Å²) < 4.78 is 20.8. The van der Waals surface area contributed by atoms with Crippen LogP contribution in [-0.2, 0) is 16.1 Å². The molecule has 0 amide bonds. The lowest BCUT2D eigenvalue weighted by Gasteiger charge is -2.22. The summed E-state index contributed by atoms with van der Waals surface area (Å²) in [6.45, 7) is 3.71. The van der Waals surface area contributed by atoms with Crippen molar-refractivity contribution in [3.63, 3.8) is 0 Å². The fourth-order valence-corrected chi connectivity index (χ4v) is 5.62. The van der Waals surface area contributed by atoms with Gasteiger partial charge in [0, 0.05) is 44.8 Å². The van der Waals surface area contributed by atoms with Crippen molar-refractivity contribution >= 4 is 57.2 Å². The fraction of sp³-hybridized carbons (Fsp3) is 0.188. The van der Waals surface area contributed by atoms with E-state index in [0.29, 0.717) is 53.3 Å². The summed E-state index contributed by atoms with van der Waals surface area (Å²) in [5, 5.41) is 9.04. The minimum absolute atomic E-state index is 0.0432. The van der Waals surface area contributed by atoms with Crippen LogP contribution in [-0.4, -0.2) is 37.3 Å². The Labute approximate surface area is 251 Å². The first kappa shape index (κ1) is 27.5. The number of ether oxygens (including phenoxy) is 2. The minimum Gasteiger partial charge on any atom is -0.439 e. The van der Waals surface area contributed by atoms with Gasteiger partial charge in [0.15, 0.2) is 18.1 Å². The lowest BCUT2D eigenvalue weighted by Crippen LogP contribution is -2.36. The number of anilines is 1. The van der Waals surface area contributed by atoms with Gasteiger partial charge in [-0.3, -0.25) is 4.79 Å². The summed E-state index contributed by atoms with van der Waals surface area (Å²) in [7, 11) is 0. The molecule has 0 bridgehead atoms. The van der Waals surface area contributed by atoms with E-state index >= 15 is 0 Å². The first-order valence-corrected chi connectivity index (χ1v) is 14.5. The van der Waals surface area contributed by atoms with Gasteiger partial charge in [0.05, 0.1) is 31.6 Å². The highest BCUT2D eigenvalue weighted by Gasteiger charge is 2.35. The topological polar surface area (TPSA) is 76.0 Å². The van der Waals surface area contributed by atoms with Crippen LogP contribution < -0.4 is 14.2 Å². The standard InChI is InChI=1S/C32H27BrN2O5S/c1-20-7-9-26-27(15-20)39-30(35(26)19-21-5-3-2-4-6-21)18-24-31(37)23(32(24)41)17-29-34(11-13-38-14-12-36)25-10-8-22(33)16-28(25)40-29/h2-10,15-18,36H,11-14,19H2,1H3/p+1. The van der Waals surface area contributed by atoms with Crippen molar-refractivity contribution in [1.29, 1.82) is 0 Å². The van der Waals surface area contributed by atoms with Crippen LogP contribution in [0.5, 0.6) is 5.75 Å². The molecule has 4 aromatic rings. The van der Waals surface area contributed by atoms with Gasteiger partial charge in [-0.1, -0.05) is 52.3 Å². The third-order valence-corrected chi connectivity index (χ3v) is 7.97. The fourth-order valence-electron chi connectivity index (χ4n) is 4.95. The molecule has 9 heteroatoms. The van der Waals surface area contributed by atoms with E-state index in [4.69, 9.17) is 31.6 Å². The Morgan fingerprint density at radius 2 is 1.90 bits per heavy atom. The number of fused-ring (bicyclic) bond motifs is 2.